The van der Waals surface area contributed by atoms with Crippen LogP contribution in [0.4, 0.5) is 5.69 Å². The Hall–Kier alpha value is -1.35. The lowest BCUT2D eigenvalue weighted by molar-refractivity contribution is -0.118. The molecule has 1 N–H and O–H groups in total. The van der Waals surface area contributed by atoms with E-state index >= 15 is 0 Å². The molecule has 0 spiro atoms. The minimum Gasteiger partial charge on any atom is -0.310 e. The van der Waals surface area contributed by atoms with Crippen molar-refractivity contribution in [2.24, 2.45) is 0 Å². The summed E-state index contributed by atoms with van der Waals surface area (Å²) in [5, 5.41) is 3.33. The van der Waals surface area contributed by atoms with Crippen molar-refractivity contribution in [2.75, 3.05) is 18.0 Å². The van der Waals surface area contributed by atoms with E-state index in [4.69, 9.17) is 0 Å². The van der Waals surface area contributed by atoms with E-state index in [0.717, 1.165) is 31.6 Å². The smallest absolute Gasteiger partial charge is 0.244 e. The molecule has 1 fully saturated rings. The molecule has 2 rings (SSSR count). The maximum atomic E-state index is 12.4. The fourth-order valence-electron chi connectivity index (χ4n) is 2.64. The van der Waals surface area contributed by atoms with Crippen molar-refractivity contribution in [3.63, 3.8) is 0 Å². The summed E-state index contributed by atoms with van der Waals surface area (Å²) in [4.78, 5) is 14.3. The van der Waals surface area contributed by atoms with Crippen molar-refractivity contribution in [3.05, 3.63) is 29.3 Å². The van der Waals surface area contributed by atoms with Crippen LogP contribution in [0.15, 0.2) is 18.2 Å². The molecule has 0 saturated carbocycles. The average molecular weight is 246 g/mol. The maximum Gasteiger partial charge on any atom is 0.244 e. The Labute approximate surface area is 109 Å². The lowest BCUT2D eigenvalue weighted by Gasteiger charge is -2.21. The highest BCUT2D eigenvalue weighted by Crippen LogP contribution is 2.28. The fraction of sp³-hybridized carbons (Fsp3) is 0.533. The van der Waals surface area contributed by atoms with E-state index in [9.17, 15) is 4.79 Å². The number of anilines is 1. The molecule has 0 bridgehead atoms. The molecule has 1 saturated heterocycles. The Balaban J connectivity index is 2.18. The highest BCUT2D eigenvalue weighted by Gasteiger charge is 2.33. The van der Waals surface area contributed by atoms with E-state index in [1.54, 1.807) is 0 Å². The molecule has 1 heterocycles. The summed E-state index contributed by atoms with van der Waals surface area (Å²) >= 11 is 0. The molecule has 1 amide bonds. The van der Waals surface area contributed by atoms with Gasteiger partial charge in [-0.15, -0.1) is 0 Å². The molecule has 3 heteroatoms. The fourth-order valence-corrected chi connectivity index (χ4v) is 2.64. The van der Waals surface area contributed by atoms with Crippen molar-refractivity contribution in [1.82, 2.24) is 5.32 Å². The molecule has 18 heavy (non-hydrogen) atoms. The third-order valence-electron chi connectivity index (χ3n) is 3.56. The van der Waals surface area contributed by atoms with Gasteiger partial charge in [-0.2, -0.15) is 0 Å². The Morgan fingerprint density at radius 2 is 2.00 bits per heavy atom. The quantitative estimate of drug-likeness (QED) is 0.885. The second kappa shape index (κ2) is 5.53. The van der Waals surface area contributed by atoms with E-state index < -0.39 is 0 Å². The number of nitrogens with zero attached hydrogens (tertiary/aromatic N) is 1. The second-order valence-electron chi connectivity index (χ2n) is 5.03. The van der Waals surface area contributed by atoms with Crippen LogP contribution >= 0.6 is 0 Å². The predicted molar refractivity (Wildman–Crippen MR) is 75.0 cm³/mol. The zero-order valence-electron chi connectivity index (χ0n) is 11.5. The van der Waals surface area contributed by atoms with Gasteiger partial charge in [0.05, 0.1) is 6.04 Å². The summed E-state index contributed by atoms with van der Waals surface area (Å²) in [7, 11) is 0. The minimum absolute atomic E-state index is 0.00366. The summed E-state index contributed by atoms with van der Waals surface area (Å²) in [6.07, 6.45) is 1.97. The van der Waals surface area contributed by atoms with Gasteiger partial charge in [0.15, 0.2) is 0 Å². The predicted octanol–water partition coefficient (Wildman–Crippen LogP) is 2.41. The van der Waals surface area contributed by atoms with Crippen molar-refractivity contribution < 1.29 is 4.79 Å². The summed E-state index contributed by atoms with van der Waals surface area (Å²) in [5.41, 5.74) is 3.46. The van der Waals surface area contributed by atoms with Crippen LogP contribution in [0.3, 0.4) is 0 Å². The topological polar surface area (TPSA) is 32.3 Å². The van der Waals surface area contributed by atoms with Gasteiger partial charge in [-0.25, -0.2) is 0 Å². The molecule has 1 aliphatic heterocycles. The number of aryl methyl sites for hydroxylation is 2. The lowest BCUT2D eigenvalue weighted by atomic mass is 10.1. The largest absolute Gasteiger partial charge is 0.310 e. The first kappa shape index (κ1) is 13.1. The number of amides is 1. The number of rotatable bonds is 4. The third-order valence-corrected chi connectivity index (χ3v) is 3.56. The molecule has 0 radical (unpaired) electrons. The van der Waals surface area contributed by atoms with Crippen molar-refractivity contribution in [2.45, 2.75) is 39.7 Å². The van der Waals surface area contributed by atoms with E-state index in [0.29, 0.717) is 0 Å². The molecule has 1 aromatic rings. The number of hydrogen-bond donors (Lipinski definition) is 1. The number of hydrogen-bond acceptors (Lipinski definition) is 2. The molecular weight excluding hydrogens is 224 g/mol. The highest BCUT2D eigenvalue weighted by atomic mass is 16.2. The molecule has 1 aliphatic rings. The van der Waals surface area contributed by atoms with Crippen LogP contribution in [0.1, 0.15) is 30.9 Å². The molecular formula is C15H22N2O. The standard InChI is InChI=1S/C15H22N2O/c1-4-9-16-13-8-10-17(15(13)18)14-11(2)6-5-7-12(14)3/h5-7,13,16H,4,8-10H2,1-3H3. The van der Waals surface area contributed by atoms with Gasteiger partial charge in [-0.05, 0) is 44.4 Å². The molecule has 98 valence electrons. The van der Waals surface area contributed by atoms with Crippen LogP contribution in [-0.4, -0.2) is 25.0 Å². The van der Waals surface area contributed by atoms with E-state index in [1.165, 1.54) is 11.1 Å². The second-order valence-corrected chi connectivity index (χ2v) is 5.03. The van der Waals surface area contributed by atoms with E-state index in [2.05, 4.69) is 38.2 Å². The van der Waals surface area contributed by atoms with Crippen LogP contribution in [-0.2, 0) is 4.79 Å². The normalized spacial score (nSPS) is 19.6. The maximum absolute atomic E-state index is 12.4. The van der Waals surface area contributed by atoms with Crippen molar-refractivity contribution in [1.29, 1.82) is 0 Å². The Morgan fingerprint density at radius 3 is 2.61 bits per heavy atom. The van der Waals surface area contributed by atoms with Crippen molar-refractivity contribution in [3.8, 4) is 0 Å². The summed E-state index contributed by atoms with van der Waals surface area (Å²) in [6.45, 7) is 8.00. The number of benzene rings is 1. The van der Waals surface area contributed by atoms with Crippen LogP contribution in [0.25, 0.3) is 0 Å². The van der Waals surface area contributed by atoms with Crippen LogP contribution < -0.4 is 10.2 Å². The Kier molecular flexibility index (Phi) is 4.02. The van der Waals surface area contributed by atoms with Crippen LogP contribution in [0.5, 0.6) is 0 Å². The molecule has 1 unspecified atom stereocenters. The third kappa shape index (κ3) is 2.41. The van der Waals surface area contributed by atoms with Gasteiger partial charge in [0.2, 0.25) is 5.91 Å². The molecule has 3 nitrogen and oxygen atoms in total. The van der Waals surface area contributed by atoms with Gasteiger partial charge < -0.3 is 10.2 Å². The molecule has 0 aromatic heterocycles. The Morgan fingerprint density at radius 1 is 1.33 bits per heavy atom. The molecule has 1 atom stereocenters. The van der Waals surface area contributed by atoms with Crippen LogP contribution in [0, 0.1) is 13.8 Å². The number of nitrogens with one attached hydrogen (secondary N) is 1. The summed E-state index contributed by atoms with van der Waals surface area (Å²) < 4.78 is 0. The molecule has 1 aromatic carbocycles. The van der Waals surface area contributed by atoms with Crippen LogP contribution in [0.2, 0.25) is 0 Å². The van der Waals surface area contributed by atoms with E-state index in [-0.39, 0.29) is 11.9 Å². The number of carbonyl (C=O) groups excluding carboxylic acids is 1. The lowest BCUT2D eigenvalue weighted by Crippen LogP contribution is -2.39. The van der Waals surface area contributed by atoms with Gasteiger partial charge >= 0.3 is 0 Å². The first-order valence-electron chi connectivity index (χ1n) is 6.76. The van der Waals surface area contributed by atoms with Gasteiger partial charge in [0.1, 0.15) is 0 Å². The molecule has 0 aliphatic carbocycles. The SMILES string of the molecule is CCCNC1CCN(c2c(C)cccc2C)C1=O. The monoisotopic (exact) mass is 246 g/mol. The zero-order valence-corrected chi connectivity index (χ0v) is 11.5. The van der Waals surface area contributed by atoms with Gasteiger partial charge in [-0.3, -0.25) is 4.79 Å². The first-order chi connectivity index (χ1) is 8.65. The number of para-hydroxylation sites is 1. The van der Waals surface area contributed by atoms with Crippen molar-refractivity contribution >= 4 is 11.6 Å². The summed E-state index contributed by atoms with van der Waals surface area (Å²) in [6, 6.07) is 6.19. The van der Waals surface area contributed by atoms with Gasteiger partial charge in [0.25, 0.3) is 0 Å². The number of carbonyl (C=O) groups is 1. The van der Waals surface area contributed by atoms with Gasteiger partial charge in [0, 0.05) is 12.2 Å². The van der Waals surface area contributed by atoms with E-state index in [1.807, 2.05) is 11.0 Å². The Bertz CT molecular complexity index is 422. The zero-order chi connectivity index (χ0) is 13.1. The minimum atomic E-state index is 0.00366. The van der Waals surface area contributed by atoms with Gasteiger partial charge in [-0.1, -0.05) is 25.1 Å². The first-order valence-corrected chi connectivity index (χ1v) is 6.76. The average Bonchev–Trinajstić information content (AvgIpc) is 2.69. The highest BCUT2D eigenvalue weighted by molar-refractivity contribution is 6.00. The summed E-state index contributed by atoms with van der Waals surface area (Å²) in [5.74, 6) is 0.223.